The molecule has 0 spiro atoms. The summed E-state index contributed by atoms with van der Waals surface area (Å²) in [5.74, 6) is -1.26. The first kappa shape index (κ1) is 14.7. The lowest BCUT2D eigenvalue weighted by molar-refractivity contribution is -0.135. The third kappa shape index (κ3) is 10.2. The van der Waals surface area contributed by atoms with Crippen molar-refractivity contribution < 1.29 is 19.4 Å². The molecule has 0 aromatic rings. The first-order valence-corrected chi connectivity index (χ1v) is 3.79. The second-order valence-corrected chi connectivity index (χ2v) is 2.03. The SMILES string of the molecule is C=C/C(=C\C)C(=O)O.C=COC(C)=O. The number of carbonyl (C=O) groups is 2. The molecular formula is C10H14O4. The van der Waals surface area contributed by atoms with Gasteiger partial charge < -0.3 is 9.84 Å². The van der Waals surface area contributed by atoms with Crippen LogP contribution in [0.5, 0.6) is 0 Å². The molecule has 1 N–H and O–H groups in total. The summed E-state index contributed by atoms with van der Waals surface area (Å²) in [5, 5.41) is 8.23. The van der Waals surface area contributed by atoms with Gasteiger partial charge in [-0.3, -0.25) is 4.79 Å². The molecule has 0 heterocycles. The Bertz CT molecular complexity index is 251. The lowest BCUT2D eigenvalue weighted by Gasteiger charge is -1.86. The molecule has 0 rings (SSSR count). The van der Waals surface area contributed by atoms with Crippen LogP contribution >= 0.6 is 0 Å². The van der Waals surface area contributed by atoms with E-state index < -0.39 is 5.97 Å². The summed E-state index contributed by atoms with van der Waals surface area (Å²) in [6.07, 6.45) is 3.90. The van der Waals surface area contributed by atoms with Crippen molar-refractivity contribution in [2.45, 2.75) is 13.8 Å². The van der Waals surface area contributed by atoms with Crippen LogP contribution < -0.4 is 0 Å². The first-order chi connectivity index (χ1) is 6.49. The van der Waals surface area contributed by atoms with E-state index >= 15 is 0 Å². The fraction of sp³-hybridized carbons (Fsp3) is 0.200. The topological polar surface area (TPSA) is 63.6 Å². The Hall–Kier alpha value is -1.84. The molecule has 0 saturated heterocycles. The molecule has 0 aliphatic carbocycles. The third-order valence-corrected chi connectivity index (χ3v) is 1.03. The van der Waals surface area contributed by atoms with Crippen LogP contribution in [-0.4, -0.2) is 17.0 Å². The van der Waals surface area contributed by atoms with Crippen molar-refractivity contribution in [1.82, 2.24) is 0 Å². The first-order valence-electron chi connectivity index (χ1n) is 3.79. The average molecular weight is 198 g/mol. The maximum Gasteiger partial charge on any atom is 0.335 e. The standard InChI is InChI=1S/C6H8O2.C4H6O2/c1-3-5(4-2)6(7)8;1-3-6-4(2)5/h3-4H,1H2,2H3,(H,7,8);3H,1H2,2H3/b5-4+;. The maximum absolute atomic E-state index is 10.0. The van der Waals surface area contributed by atoms with Gasteiger partial charge in [-0.2, -0.15) is 0 Å². The van der Waals surface area contributed by atoms with Gasteiger partial charge in [-0.25, -0.2) is 4.79 Å². The van der Waals surface area contributed by atoms with E-state index in [1.54, 1.807) is 6.92 Å². The Balaban J connectivity index is 0. The maximum atomic E-state index is 10.0. The minimum atomic E-state index is -0.928. The number of hydrogen-bond acceptors (Lipinski definition) is 3. The number of aliphatic carboxylic acids is 1. The average Bonchev–Trinajstić information content (AvgIpc) is 2.06. The Morgan fingerprint density at radius 3 is 1.86 bits per heavy atom. The molecule has 0 saturated carbocycles. The van der Waals surface area contributed by atoms with Crippen LogP contribution in [0.15, 0.2) is 37.1 Å². The van der Waals surface area contributed by atoms with Crippen molar-refractivity contribution in [2.24, 2.45) is 0 Å². The van der Waals surface area contributed by atoms with Crippen LogP contribution in [-0.2, 0) is 14.3 Å². The number of ether oxygens (including phenoxy) is 1. The molecule has 4 nitrogen and oxygen atoms in total. The summed E-state index contributed by atoms with van der Waals surface area (Å²) in [6, 6.07) is 0. The zero-order valence-corrected chi connectivity index (χ0v) is 8.32. The largest absolute Gasteiger partial charge is 0.478 e. The summed E-state index contributed by atoms with van der Waals surface area (Å²) in [4.78, 5) is 19.8. The van der Waals surface area contributed by atoms with Crippen LogP contribution in [0.1, 0.15) is 13.8 Å². The van der Waals surface area contributed by atoms with Gasteiger partial charge in [0.25, 0.3) is 0 Å². The molecule has 0 fully saturated rings. The second kappa shape index (κ2) is 9.25. The third-order valence-electron chi connectivity index (χ3n) is 1.03. The second-order valence-electron chi connectivity index (χ2n) is 2.03. The molecule has 0 aliphatic heterocycles. The highest BCUT2D eigenvalue weighted by Crippen LogP contribution is 1.92. The normalized spacial score (nSPS) is 9.14. The Morgan fingerprint density at radius 1 is 1.36 bits per heavy atom. The van der Waals surface area contributed by atoms with E-state index in [-0.39, 0.29) is 11.5 Å². The minimum absolute atomic E-state index is 0.241. The zero-order valence-electron chi connectivity index (χ0n) is 8.32. The monoisotopic (exact) mass is 198 g/mol. The zero-order chi connectivity index (χ0) is 11.6. The van der Waals surface area contributed by atoms with Gasteiger partial charge >= 0.3 is 11.9 Å². The lowest BCUT2D eigenvalue weighted by atomic mass is 10.3. The van der Waals surface area contributed by atoms with E-state index in [0.717, 1.165) is 6.26 Å². The van der Waals surface area contributed by atoms with E-state index in [1.165, 1.54) is 19.1 Å². The van der Waals surface area contributed by atoms with Crippen LogP contribution in [0.4, 0.5) is 0 Å². The van der Waals surface area contributed by atoms with Crippen molar-refractivity contribution in [1.29, 1.82) is 0 Å². The summed E-state index contributed by atoms with van der Waals surface area (Å²) in [7, 11) is 0. The Morgan fingerprint density at radius 2 is 1.86 bits per heavy atom. The molecule has 14 heavy (non-hydrogen) atoms. The molecule has 0 bridgehead atoms. The van der Waals surface area contributed by atoms with Crippen LogP contribution in [0.3, 0.4) is 0 Å². The van der Waals surface area contributed by atoms with E-state index in [2.05, 4.69) is 17.9 Å². The summed E-state index contributed by atoms with van der Waals surface area (Å²) in [5.41, 5.74) is 0.241. The number of carbonyl (C=O) groups excluding carboxylic acids is 1. The number of hydrogen-bond donors (Lipinski definition) is 1. The fourth-order valence-electron chi connectivity index (χ4n) is 0.446. The minimum Gasteiger partial charge on any atom is -0.478 e. The van der Waals surface area contributed by atoms with Crippen LogP contribution in [0.2, 0.25) is 0 Å². The number of carboxylic acid groups (broad SMARTS) is 1. The molecule has 0 amide bonds. The number of allylic oxidation sites excluding steroid dienone is 1. The molecule has 0 aromatic carbocycles. The summed E-state index contributed by atoms with van der Waals surface area (Å²) in [6.45, 7) is 9.44. The Kier molecular flexibility index (Phi) is 9.69. The van der Waals surface area contributed by atoms with Gasteiger partial charge in [-0.1, -0.05) is 25.3 Å². The summed E-state index contributed by atoms with van der Waals surface area (Å²) < 4.78 is 4.17. The number of carboxylic acids is 1. The molecule has 0 radical (unpaired) electrons. The van der Waals surface area contributed by atoms with E-state index in [0.29, 0.717) is 0 Å². The molecule has 78 valence electrons. The van der Waals surface area contributed by atoms with Gasteiger partial charge in [0.15, 0.2) is 0 Å². The van der Waals surface area contributed by atoms with E-state index in [4.69, 9.17) is 5.11 Å². The molecule has 0 unspecified atom stereocenters. The smallest absolute Gasteiger partial charge is 0.335 e. The molecule has 0 atom stereocenters. The predicted molar refractivity (Wildman–Crippen MR) is 53.6 cm³/mol. The molecule has 0 aromatic heterocycles. The van der Waals surface area contributed by atoms with Crippen LogP contribution in [0, 0.1) is 0 Å². The highest BCUT2D eigenvalue weighted by Gasteiger charge is 1.96. The van der Waals surface area contributed by atoms with Crippen molar-refractivity contribution >= 4 is 11.9 Å². The quantitative estimate of drug-likeness (QED) is 0.325. The van der Waals surface area contributed by atoms with E-state index in [9.17, 15) is 9.59 Å². The Labute approximate surface area is 83.2 Å². The molecule has 0 aliphatic rings. The van der Waals surface area contributed by atoms with Crippen molar-refractivity contribution in [2.75, 3.05) is 0 Å². The predicted octanol–water partition coefficient (Wildman–Crippen LogP) is 1.90. The number of esters is 1. The van der Waals surface area contributed by atoms with Crippen molar-refractivity contribution in [3.63, 3.8) is 0 Å². The van der Waals surface area contributed by atoms with Gasteiger partial charge in [0, 0.05) is 6.92 Å². The van der Waals surface area contributed by atoms with Crippen molar-refractivity contribution in [3.05, 3.63) is 37.1 Å². The van der Waals surface area contributed by atoms with Gasteiger partial charge in [0.2, 0.25) is 0 Å². The molecular weight excluding hydrogens is 184 g/mol. The lowest BCUT2D eigenvalue weighted by Crippen LogP contribution is -1.95. The fourth-order valence-corrected chi connectivity index (χ4v) is 0.446. The van der Waals surface area contributed by atoms with Gasteiger partial charge in [0.05, 0.1) is 11.8 Å². The van der Waals surface area contributed by atoms with Crippen molar-refractivity contribution in [3.8, 4) is 0 Å². The van der Waals surface area contributed by atoms with Crippen LogP contribution in [0.25, 0.3) is 0 Å². The van der Waals surface area contributed by atoms with Gasteiger partial charge in [-0.05, 0) is 6.92 Å². The molecule has 4 heteroatoms. The van der Waals surface area contributed by atoms with E-state index in [1.807, 2.05) is 0 Å². The highest BCUT2D eigenvalue weighted by molar-refractivity contribution is 5.89. The summed E-state index contributed by atoms with van der Waals surface area (Å²) >= 11 is 0. The highest BCUT2D eigenvalue weighted by atomic mass is 16.5. The van der Waals surface area contributed by atoms with Gasteiger partial charge in [0.1, 0.15) is 0 Å². The number of rotatable bonds is 3. The van der Waals surface area contributed by atoms with Gasteiger partial charge in [-0.15, -0.1) is 0 Å².